The number of aryl methyl sites for hydroxylation is 2. The largest absolute Gasteiger partial charge is 0.449 e. The van der Waals surface area contributed by atoms with Crippen molar-refractivity contribution in [3.63, 3.8) is 0 Å². The minimum absolute atomic E-state index is 0.269. The van der Waals surface area contributed by atoms with E-state index < -0.39 is 18.0 Å². The van der Waals surface area contributed by atoms with Crippen LogP contribution in [0.25, 0.3) is 10.9 Å². The van der Waals surface area contributed by atoms with Crippen molar-refractivity contribution in [3.8, 4) is 0 Å². The maximum atomic E-state index is 12.6. The van der Waals surface area contributed by atoms with Crippen molar-refractivity contribution >= 4 is 40.2 Å². The van der Waals surface area contributed by atoms with Gasteiger partial charge in [-0.15, -0.1) is 0 Å². The average Bonchev–Trinajstić information content (AvgIpc) is 3.03. The zero-order chi connectivity index (χ0) is 19.6. The smallest absolute Gasteiger partial charge is 0.340 e. The van der Waals surface area contributed by atoms with Crippen LogP contribution in [0, 0.1) is 13.8 Å². The van der Waals surface area contributed by atoms with Crippen molar-refractivity contribution < 1.29 is 18.8 Å². The molecule has 0 aliphatic rings. The van der Waals surface area contributed by atoms with Crippen molar-refractivity contribution in [1.82, 2.24) is 10.1 Å². The first-order chi connectivity index (χ1) is 12.9. The third-order valence-electron chi connectivity index (χ3n) is 3.98. The number of halogens is 1. The minimum atomic E-state index is -0.969. The first-order valence-corrected chi connectivity index (χ1v) is 8.77. The maximum absolute atomic E-state index is 12.6. The Morgan fingerprint density at radius 3 is 2.70 bits per heavy atom. The number of hydrogen-bond donors (Lipinski definition) is 1. The summed E-state index contributed by atoms with van der Waals surface area (Å²) in [4.78, 5) is 29.4. The third kappa shape index (κ3) is 4.25. The first kappa shape index (κ1) is 18.8. The molecular weight excluding hydrogens is 370 g/mol. The second kappa shape index (κ2) is 7.75. The molecule has 2 aromatic heterocycles. The fraction of sp³-hybridized carbons (Fsp3) is 0.263. The maximum Gasteiger partial charge on any atom is 0.340 e. The number of ether oxygens (including phenoxy) is 1. The molecule has 0 saturated carbocycles. The summed E-state index contributed by atoms with van der Waals surface area (Å²) < 4.78 is 10.3. The zero-order valence-corrected chi connectivity index (χ0v) is 15.8. The minimum Gasteiger partial charge on any atom is -0.449 e. The number of amides is 1. The molecular formula is C19H18ClN3O4. The van der Waals surface area contributed by atoms with Crippen LogP contribution in [0.5, 0.6) is 0 Å². The second-order valence-corrected chi connectivity index (χ2v) is 6.51. The number of anilines is 1. The van der Waals surface area contributed by atoms with Crippen molar-refractivity contribution in [2.75, 3.05) is 5.32 Å². The molecule has 0 saturated heterocycles. The summed E-state index contributed by atoms with van der Waals surface area (Å²) in [6, 6.07) is 8.47. The van der Waals surface area contributed by atoms with Crippen LogP contribution in [0.4, 0.5) is 5.82 Å². The van der Waals surface area contributed by atoms with Gasteiger partial charge in [0, 0.05) is 16.5 Å². The Labute approximate surface area is 160 Å². The summed E-state index contributed by atoms with van der Waals surface area (Å²) in [5.74, 6) is -0.272. The number of nitrogens with zero attached hydrogens (tertiary/aromatic N) is 2. The molecule has 140 valence electrons. The van der Waals surface area contributed by atoms with E-state index in [-0.39, 0.29) is 11.4 Å². The van der Waals surface area contributed by atoms with Gasteiger partial charge < -0.3 is 14.6 Å². The number of fused-ring (bicyclic) bond motifs is 1. The molecule has 3 aromatic rings. The van der Waals surface area contributed by atoms with E-state index in [0.717, 1.165) is 10.9 Å². The highest BCUT2D eigenvalue weighted by Crippen LogP contribution is 2.22. The van der Waals surface area contributed by atoms with Gasteiger partial charge in [-0.25, -0.2) is 4.79 Å². The summed E-state index contributed by atoms with van der Waals surface area (Å²) in [6.07, 6.45) is -0.663. The standard InChI is InChI=1S/C19H18ClN3O4/c1-4-16(18(24)22-17-7-10(2)27-23-17)26-19(25)14-9-12-8-13(20)5-6-15(12)21-11(14)3/h5-9,16H,4H2,1-3H3,(H,22,23,24). The number of pyridine rings is 1. The number of carbonyl (C=O) groups excluding carboxylic acids is 2. The Bertz CT molecular complexity index is 1020. The molecule has 7 nitrogen and oxygen atoms in total. The monoisotopic (exact) mass is 387 g/mol. The lowest BCUT2D eigenvalue weighted by Gasteiger charge is -2.16. The van der Waals surface area contributed by atoms with Crippen molar-refractivity contribution in [2.24, 2.45) is 0 Å². The fourth-order valence-electron chi connectivity index (χ4n) is 2.60. The number of hydrogen-bond acceptors (Lipinski definition) is 6. The molecule has 0 fully saturated rings. The highest BCUT2D eigenvalue weighted by molar-refractivity contribution is 6.31. The molecule has 2 heterocycles. The fourth-order valence-corrected chi connectivity index (χ4v) is 2.78. The van der Waals surface area contributed by atoms with Gasteiger partial charge in [-0.1, -0.05) is 23.7 Å². The molecule has 1 aromatic carbocycles. The Hall–Kier alpha value is -2.93. The molecule has 27 heavy (non-hydrogen) atoms. The van der Waals surface area contributed by atoms with E-state index in [4.69, 9.17) is 20.9 Å². The van der Waals surface area contributed by atoms with E-state index in [1.165, 1.54) is 0 Å². The molecule has 8 heteroatoms. The van der Waals surface area contributed by atoms with Gasteiger partial charge in [0.25, 0.3) is 5.91 Å². The van der Waals surface area contributed by atoms with E-state index >= 15 is 0 Å². The number of esters is 1. The van der Waals surface area contributed by atoms with Crippen molar-refractivity contribution in [3.05, 3.63) is 52.4 Å². The van der Waals surface area contributed by atoms with Crippen LogP contribution in [-0.4, -0.2) is 28.1 Å². The van der Waals surface area contributed by atoms with E-state index in [1.54, 1.807) is 51.1 Å². The van der Waals surface area contributed by atoms with Gasteiger partial charge in [0.1, 0.15) is 5.76 Å². The van der Waals surface area contributed by atoms with Crippen LogP contribution in [0.2, 0.25) is 5.02 Å². The molecule has 1 N–H and O–H groups in total. The number of rotatable bonds is 5. The van der Waals surface area contributed by atoms with Gasteiger partial charge in [-0.3, -0.25) is 9.78 Å². The summed E-state index contributed by atoms with van der Waals surface area (Å²) >= 11 is 6.01. The van der Waals surface area contributed by atoms with Crippen LogP contribution < -0.4 is 5.32 Å². The quantitative estimate of drug-likeness (QED) is 0.663. The Morgan fingerprint density at radius 2 is 2.04 bits per heavy atom. The molecule has 0 radical (unpaired) electrons. The highest BCUT2D eigenvalue weighted by Gasteiger charge is 2.24. The summed E-state index contributed by atoms with van der Waals surface area (Å²) in [5.41, 5.74) is 1.52. The van der Waals surface area contributed by atoms with Gasteiger partial charge >= 0.3 is 5.97 Å². The summed E-state index contributed by atoms with van der Waals surface area (Å²) in [7, 11) is 0. The lowest BCUT2D eigenvalue weighted by Crippen LogP contribution is -2.32. The number of nitrogens with one attached hydrogen (secondary N) is 1. The summed E-state index contributed by atoms with van der Waals surface area (Å²) in [5, 5.41) is 7.53. The first-order valence-electron chi connectivity index (χ1n) is 8.39. The SMILES string of the molecule is CCC(OC(=O)c1cc2cc(Cl)ccc2nc1C)C(=O)Nc1cc(C)on1. The topological polar surface area (TPSA) is 94.3 Å². The average molecular weight is 388 g/mol. The predicted octanol–water partition coefficient (Wildman–Crippen LogP) is 4.07. The van der Waals surface area contributed by atoms with Crippen LogP contribution in [0.3, 0.4) is 0 Å². The molecule has 1 atom stereocenters. The Kier molecular flexibility index (Phi) is 5.41. The Balaban J connectivity index is 1.79. The molecule has 1 unspecified atom stereocenters. The zero-order valence-electron chi connectivity index (χ0n) is 15.1. The summed E-state index contributed by atoms with van der Waals surface area (Å²) in [6.45, 7) is 5.17. The number of carbonyl (C=O) groups is 2. The molecule has 0 spiro atoms. The van der Waals surface area contributed by atoms with E-state index in [0.29, 0.717) is 22.9 Å². The van der Waals surface area contributed by atoms with Crippen LogP contribution >= 0.6 is 11.6 Å². The van der Waals surface area contributed by atoms with Gasteiger partial charge in [0.2, 0.25) is 0 Å². The van der Waals surface area contributed by atoms with Crippen LogP contribution in [-0.2, 0) is 9.53 Å². The third-order valence-corrected chi connectivity index (χ3v) is 4.21. The lowest BCUT2D eigenvalue weighted by molar-refractivity contribution is -0.124. The highest BCUT2D eigenvalue weighted by atomic mass is 35.5. The Morgan fingerprint density at radius 1 is 1.26 bits per heavy atom. The van der Waals surface area contributed by atoms with Gasteiger partial charge in [0.15, 0.2) is 11.9 Å². The van der Waals surface area contributed by atoms with E-state index in [9.17, 15) is 9.59 Å². The van der Waals surface area contributed by atoms with E-state index in [1.807, 2.05) is 0 Å². The normalized spacial score (nSPS) is 12.0. The molecule has 3 rings (SSSR count). The number of aromatic nitrogens is 2. The predicted molar refractivity (Wildman–Crippen MR) is 101 cm³/mol. The molecule has 0 aliphatic heterocycles. The van der Waals surface area contributed by atoms with Crippen LogP contribution in [0.1, 0.15) is 35.2 Å². The van der Waals surface area contributed by atoms with Gasteiger partial charge in [-0.05, 0) is 44.5 Å². The van der Waals surface area contributed by atoms with Crippen molar-refractivity contribution in [1.29, 1.82) is 0 Å². The van der Waals surface area contributed by atoms with E-state index in [2.05, 4.69) is 15.5 Å². The lowest BCUT2D eigenvalue weighted by atomic mass is 10.1. The van der Waals surface area contributed by atoms with Gasteiger partial charge in [0.05, 0.1) is 16.8 Å². The van der Waals surface area contributed by atoms with Crippen molar-refractivity contribution in [2.45, 2.75) is 33.3 Å². The molecule has 0 aliphatic carbocycles. The molecule has 1 amide bonds. The van der Waals surface area contributed by atoms with Crippen LogP contribution in [0.15, 0.2) is 34.9 Å². The molecule has 0 bridgehead atoms. The number of benzene rings is 1. The second-order valence-electron chi connectivity index (χ2n) is 6.07. The van der Waals surface area contributed by atoms with Gasteiger partial charge in [-0.2, -0.15) is 0 Å².